The van der Waals surface area contributed by atoms with Crippen LogP contribution in [-0.2, 0) is 13.0 Å². The van der Waals surface area contributed by atoms with Crippen LogP contribution in [0.1, 0.15) is 18.1 Å². The average Bonchev–Trinajstić information content (AvgIpc) is 3.05. The molecule has 0 radical (unpaired) electrons. The minimum absolute atomic E-state index is 0.0120. The van der Waals surface area contributed by atoms with Crippen molar-refractivity contribution in [1.82, 2.24) is 10.6 Å². The fourth-order valence-corrected chi connectivity index (χ4v) is 2.26. The van der Waals surface area contributed by atoms with E-state index in [1.54, 1.807) is 26.7 Å². The number of carbonyl (C=O) groups excluding carboxylic acids is 1. The fraction of sp³-hybridized carbons (Fsp3) is 0.353. The lowest BCUT2D eigenvalue weighted by Gasteiger charge is -2.14. The highest BCUT2D eigenvalue weighted by atomic mass is 16.5. The van der Waals surface area contributed by atoms with Gasteiger partial charge in [0.25, 0.3) is 0 Å². The molecule has 1 aromatic heterocycles. The molecule has 0 aliphatic heterocycles. The predicted molar refractivity (Wildman–Crippen MR) is 86.8 cm³/mol. The molecule has 1 heterocycles. The lowest BCUT2D eigenvalue weighted by Crippen LogP contribution is -2.41. The number of rotatable bonds is 7. The first-order valence-electron chi connectivity index (χ1n) is 7.38. The maximum atomic E-state index is 11.9. The molecule has 23 heavy (non-hydrogen) atoms. The number of methoxy groups -OCH3 is 2. The topological polar surface area (TPSA) is 72.7 Å². The van der Waals surface area contributed by atoms with Gasteiger partial charge >= 0.3 is 6.03 Å². The van der Waals surface area contributed by atoms with E-state index in [0.717, 1.165) is 17.5 Å². The van der Waals surface area contributed by atoms with Gasteiger partial charge in [-0.25, -0.2) is 4.79 Å². The molecule has 0 aliphatic carbocycles. The van der Waals surface area contributed by atoms with Crippen LogP contribution < -0.4 is 20.1 Å². The summed E-state index contributed by atoms with van der Waals surface area (Å²) in [5.74, 6) is 1.30. The van der Waals surface area contributed by atoms with Gasteiger partial charge in [0.2, 0.25) is 0 Å². The molecule has 124 valence electrons. The number of urea groups is 1. The SMILES string of the molecule is COc1ccc(CNC(=O)NC(C)Cc2ccoc2)cc1OC. The first-order chi connectivity index (χ1) is 11.1. The summed E-state index contributed by atoms with van der Waals surface area (Å²) >= 11 is 0. The van der Waals surface area contributed by atoms with Gasteiger partial charge in [0.05, 0.1) is 26.7 Å². The third-order valence-corrected chi connectivity index (χ3v) is 3.40. The summed E-state index contributed by atoms with van der Waals surface area (Å²) < 4.78 is 15.4. The number of benzene rings is 1. The van der Waals surface area contributed by atoms with Gasteiger partial charge in [-0.1, -0.05) is 6.07 Å². The summed E-state index contributed by atoms with van der Waals surface area (Å²) in [4.78, 5) is 11.9. The molecule has 6 heteroatoms. The minimum Gasteiger partial charge on any atom is -0.493 e. The van der Waals surface area contributed by atoms with Crippen molar-refractivity contribution >= 4 is 6.03 Å². The van der Waals surface area contributed by atoms with Crippen LogP contribution in [0.5, 0.6) is 11.5 Å². The zero-order chi connectivity index (χ0) is 16.7. The molecule has 0 fully saturated rings. The zero-order valence-corrected chi connectivity index (χ0v) is 13.6. The maximum absolute atomic E-state index is 11.9. The highest BCUT2D eigenvalue weighted by Crippen LogP contribution is 2.27. The van der Waals surface area contributed by atoms with Crippen molar-refractivity contribution < 1.29 is 18.7 Å². The summed E-state index contributed by atoms with van der Waals surface area (Å²) in [6, 6.07) is 7.23. The van der Waals surface area contributed by atoms with E-state index in [-0.39, 0.29) is 12.1 Å². The third kappa shape index (κ3) is 4.95. The Kier molecular flexibility index (Phi) is 5.91. The third-order valence-electron chi connectivity index (χ3n) is 3.40. The smallest absolute Gasteiger partial charge is 0.315 e. The summed E-state index contributed by atoms with van der Waals surface area (Å²) in [6.07, 6.45) is 4.03. The Labute approximate surface area is 135 Å². The van der Waals surface area contributed by atoms with E-state index in [1.165, 1.54) is 0 Å². The molecule has 2 aromatic rings. The zero-order valence-electron chi connectivity index (χ0n) is 13.6. The molecular formula is C17H22N2O4. The van der Waals surface area contributed by atoms with Crippen LogP contribution in [0.25, 0.3) is 0 Å². The van der Waals surface area contributed by atoms with Crippen LogP contribution in [0, 0.1) is 0 Å². The van der Waals surface area contributed by atoms with E-state index in [4.69, 9.17) is 13.9 Å². The van der Waals surface area contributed by atoms with Gasteiger partial charge in [-0.15, -0.1) is 0 Å². The van der Waals surface area contributed by atoms with E-state index >= 15 is 0 Å². The first-order valence-corrected chi connectivity index (χ1v) is 7.38. The lowest BCUT2D eigenvalue weighted by molar-refractivity contribution is 0.237. The van der Waals surface area contributed by atoms with E-state index in [0.29, 0.717) is 18.0 Å². The number of amides is 2. The second-order valence-corrected chi connectivity index (χ2v) is 5.25. The van der Waals surface area contributed by atoms with Gasteiger partial charge < -0.3 is 24.5 Å². The first kappa shape index (κ1) is 16.7. The normalized spacial score (nSPS) is 11.6. The van der Waals surface area contributed by atoms with Gasteiger partial charge in [-0.3, -0.25) is 0 Å². The summed E-state index contributed by atoms with van der Waals surface area (Å²) in [5, 5.41) is 5.72. The molecule has 2 amide bonds. The van der Waals surface area contributed by atoms with Crippen LogP contribution in [0.2, 0.25) is 0 Å². The van der Waals surface area contributed by atoms with Crippen molar-refractivity contribution in [2.45, 2.75) is 25.9 Å². The predicted octanol–water partition coefficient (Wildman–Crippen LogP) is 2.73. The summed E-state index contributed by atoms with van der Waals surface area (Å²) in [6.45, 7) is 2.35. The lowest BCUT2D eigenvalue weighted by atomic mass is 10.1. The van der Waals surface area contributed by atoms with Crippen molar-refractivity contribution in [2.75, 3.05) is 14.2 Å². The van der Waals surface area contributed by atoms with Gasteiger partial charge in [-0.05, 0) is 42.7 Å². The second-order valence-electron chi connectivity index (χ2n) is 5.25. The highest BCUT2D eigenvalue weighted by Gasteiger charge is 2.09. The van der Waals surface area contributed by atoms with Crippen LogP contribution in [0.15, 0.2) is 41.2 Å². The molecule has 0 saturated heterocycles. The van der Waals surface area contributed by atoms with Crippen LogP contribution >= 0.6 is 0 Å². The Hall–Kier alpha value is -2.63. The number of furan rings is 1. The molecule has 0 saturated carbocycles. The summed E-state index contributed by atoms with van der Waals surface area (Å²) in [5.41, 5.74) is 1.98. The molecule has 1 aromatic carbocycles. The Morgan fingerprint density at radius 3 is 2.61 bits per heavy atom. The number of hydrogen-bond donors (Lipinski definition) is 2. The van der Waals surface area contributed by atoms with Crippen molar-refractivity contribution in [3.8, 4) is 11.5 Å². The van der Waals surface area contributed by atoms with Crippen LogP contribution in [0.3, 0.4) is 0 Å². The molecule has 2 rings (SSSR count). The number of nitrogens with one attached hydrogen (secondary N) is 2. The van der Waals surface area contributed by atoms with Crippen molar-refractivity contribution in [3.63, 3.8) is 0 Å². The molecule has 2 N–H and O–H groups in total. The quantitative estimate of drug-likeness (QED) is 0.823. The molecule has 6 nitrogen and oxygen atoms in total. The largest absolute Gasteiger partial charge is 0.493 e. The molecular weight excluding hydrogens is 296 g/mol. The Morgan fingerprint density at radius 1 is 1.17 bits per heavy atom. The van der Waals surface area contributed by atoms with Gasteiger partial charge in [-0.2, -0.15) is 0 Å². The van der Waals surface area contributed by atoms with E-state index in [9.17, 15) is 4.79 Å². The average molecular weight is 318 g/mol. The van der Waals surface area contributed by atoms with Crippen molar-refractivity contribution in [3.05, 3.63) is 47.9 Å². The standard InChI is InChI=1S/C17H22N2O4/c1-12(8-14-6-7-23-11-14)19-17(20)18-10-13-4-5-15(21-2)16(9-13)22-3/h4-7,9,11-12H,8,10H2,1-3H3,(H2,18,19,20). The minimum atomic E-state index is -0.212. The summed E-state index contributed by atoms with van der Waals surface area (Å²) in [7, 11) is 3.17. The van der Waals surface area contributed by atoms with Crippen LogP contribution in [-0.4, -0.2) is 26.3 Å². The van der Waals surface area contributed by atoms with Gasteiger partial charge in [0.1, 0.15) is 0 Å². The van der Waals surface area contributed by atoms with Gasteiger partial charge in [0.15, 0.2) is 11.5 Å². The Morgan fingerprint density at radius 2 is 1.96 bits per heavy atom. The van der Waals surface area contributed by atoms with Crippen molar-refractivity contribution in [2.24, 2.45) is 0 Å². The van der Waals surface area contributed by atoms with Crippen LogP contribution in [0.4, 0.5) is 4.79 Å². The maximum Gasteiger partial charge on any atom is 0.315 e. The number of hydrogen-bond acceptors (Lipinski definition) is 4. The molecule has 0 bridgehead atoms. The Balaban J connectivity index is 1.82. The molecule has 0 aliphatic rings. The number of carbonyl (C=O) groups is 1. The van der Waals surface area contributed by atoms with E-state index in [2.05, 4.69) is 10.6 Å². The molecule has 0 spiro atoms. The molecule has 1 unspecified atom stereocenters. The van der Waals surface area contributed by atoms with Gasteiger partial charge in [0, 0.05) is 12.6 Å². The monoisotopic (exact) mass is 318 g/mol. The van der Waals surface area contributed by atoms with E-state index < -0.39 is 0 Å². The highest BCUT2D eigenvalue weighted by molar-refractivity contribution is 5.74. The second kappa shape index (κ2) is 8.12. The number of ether oxygens (including phenoxy) is 2. The fourth-order valence-electron chi connectivity index (χ4n) is 2.26. The Bertz CT molecular complexity index is 626. The molecule has 1 atom stereocenters. The van der Waals surface area contributed by atoms with E-state index in [1.807, 2.05) is 31.2 Å². The van der Waals surface area contributed by atoms with Crippen molar-refractivity contribution in [1.29, 1.82) is 0 Å².